The molecule has 2 rings (SSSR count). The SMILES string of the molecule is Clc1nccc(Nc2cc[c]cc2)n1. The molecular formula is C10H7ClN3. The Morgan fingerprint density at radius 1 is 1.21 bits per heavy atom. The van der Waals surface area contributed by atoms with Gasteiger partial charge >= 0.3 is 0 Å². The van der Waals surface area contributed by atoms with Gasteiger partial charge in [0.1, 0.15) is 5.82 Å². The monoisotopic (exact) mass is 204 g/mol. The molecule has 1 heterocycles. The first-order valence-electron chi connectivity index (χ1n) is 4.06. The van der Waals surface area contributed by atoms with Crippen molar-refractivity contribution >= 4 is 23.1 Å². The van der Waals surface area contributed by atoms with E-state index in [-0.39, 0.29) is 5.28 Å². The predicted molar refractivity (Wildman–Crippen MR) is 55.6 cm³/mol. The summed E-state index contributed by atoms with van der Waals surface area (Å²) in [4.78, 5) is 7.79. The average molecular weight is 205 g/mol. The molecule has 4 heteroatoms. The Kier molecular flexibility index (Phi) is 2.60. The number of hydrogen-bond donors (Lipinski definition) is 1. The Morgan fingerprint density at radius 2 is 2.00 bits per heavy atom. The van der Waals surface area contributed by atoms with Crippen molar-refractivity contribution in [1.82, 2.24) is 9.97 Å². The van der Waals surface area contributed by atoms with Crippen LogP contribution in [0, 0.1) is 6.07 Å². The fraction of sp³-hybridized carbons (Fsp3) is 0. The molecule has 0 spiro atoms. The lowest BCUT2D eigenvalue weighted by atomic mass is 10.3. The number of aromatic nitrogens is 2. The fourth-order valence-corrected chi connectivity index (χ4v) is 1.17. The number of rotatable bonds is 2. The predicted octanol–water partition coefficient (Wildman–Crippen LogP) is 2.67. The number of hydrogen-bond acceptors (Lipinski definition) is 3. The summed E-state index contributed by atoms with van der Waals surface area (Å²) in [6, 6.07) is 12.1. The second-order valence-corrected chi connectivity index (χ2v) is 2.96. The Bertz CT molecular complexity index is 417. The van der Waals surface area contributed by atoms with Crippen LogP contribution in [0.1, 0.15) is 0 Å². The van der Waals surface area contributed by atoms with Crippen LogP contribution in [0.3, 0.4) is 0 Å². The zero-order valence-corrected chi connectivity index (χ0v) is 7.99. The van der Waals surface area contributed by atoms with Gasteiger partial charge in [-0.25, -0.2) is 9.97 Å². The molecular weight excluding hydrogens is 198 g/mol. The minimum absolute atomic E-state index is 0.234. The second-order valence-electron chi connectivity index (χ2n) is 2.62. The van der Waals surface area contributed by atoms with Crippen molar-refractivity contribution in [3.63, 3.8) is 0 Å². The first-order valence-corrected chi connectivity index (χ1v) is 4.44. The fourth-order valence-electron chi connectivity index (χ4n) is 1.02. The van der Waals surface area contributed by atoms with Gasteiger partial charge < -0.3 is 5.32 Å². The standard InChI is InChI=1S/C10H7ClN3/c11-10-12-7-6-9(14-10)13-8-4-2-1-3-5-8/h2-7H,(H,12,13,14). The van der Waals surface area contributed by atoms with Crippen molar-refractivity contribution in [2.24, 2.45) is 0 Å². The lowest BCUT2D eigenvalue weighted by Crippen LogP contribution is -1.93. The summed E-state index contributed by atoms with van der Waals surface area (Å²) in [7, 11) is 0. The first-order chi connectivity index (χ1) is 6.84. The normalized spacial score (nSPS) is 9.79. The summed E-state index contributed by atoms with van der Waals surface area (Å²) < 4.78 is 0. The topological polar surface area (TPSA) is 37.8 Å². The Labute approximate surface area is 86.8 Å². The Balaban J connectivity index is 2.19. The van der Waals surface area contributed by atoms with Crippen LogP contribution in [0.4, 0.5) is 11.5 Å². The van der Waals surface area contributed by atoms with Crippen molar-refractivity contribution in [3.05, 3.63) is 47.9 Å². The largest absolute Gasteiger partial charge is 0.340 e. The van der Waals surface area contributed by atoms with Gasteiger partial charge in [-0.05, 0) is 35.9 Å². The maximum atomic E-state index is 5.64. The van der Waals surface area contributed by atoms with Crippen LogP contribution in [0.5, 0.6) is 0 Å². The molecule has 0 fully saturated rings. The van der Waals surface area contributed by atoms with E-state index >= 15 is 0 Å². The molecule has 0 aliphatic carbocycles. The Hall–Kier alpha value is -1.61. The van der Waals surface area contributed by atoms with Gasteiger partial charge in [0.05, 0.1) is 0 Å². The van der Waals surface area contributed by atoms with Crippen molar-refractivity contribution in [2.45, 2.75) is 0 Å². The number of benzene rings is 1. The quantitative estimate of drug-likeness (QED) is 0.765. The molecule has 0 bridgehead atoms. The van der Waals surface area contributed by atoms with E-state index in [9.17, 15) is 0 Å². The molecule has 0 saturated carbocycles. The zero-order valence-electron chi connectivity index (χ0n) is 7.24. The molecule has 1 radical (unpaired) electrons. The first kappa shape index (κ1) is 8.97. The molecule has 14 heavy (non-hydrogen) atoms. The molecule has 69 valence electrons. The minimum Gasteiger partial charge on any atom is -0.340 e. The van der Waals surface area contributed by atoms with E-state index in [4.69, 9.17) is 11.6 Å². The van der Waals surface area contributed by atoms with Crippen LogP contribution in [0.25, 0.3) is 0 Å². The van der Waals surface area contributed by atoms with Gasteiger partial charge in [-0.2, -0.15) is 0 Å². The van der Waals surface area contributed by atoms with Gasteiger partial charge in [0.15, 0.2) is 0 Å². The highest BCUT2D eigenvalue weighted by Gasteiger charge is 1.96. The van der Waals surface area contributed by atoms with Crippen molar-refractivity contribution in [3.8, 4) is 0 Å². The summed E-state index contributed by atoms with van der Waals surface area (Å²) in [5, 5.41) is 3.32. The summed E-state index contributed by atoms with van der Waals surface area (Å²) in [5.41, 5.74) is 0.943. The average Bonchev–Trinajstić information content (AvgIpc) is 2.19. The highest BCUT2D eigenvalue weighted by atomic mass is 35.5. The second kappa shape index (κ2) is 4.07. The number of nitrogens with zero attached hydrogens (tertiary/aromatic N) is 2. The van der Waals surface area contributed by atoms with Crippen LogP contribution >= 0.6 is 11.6 Å². The van der Waals surface area contributed by atoms with Crippen LogP contribution < -0.4 is 5.32 Å². The summed E-state index contributed by atoms with van der Waals surface area (Å²) in [6.45, 7) is 0. The lowest BCUT2D eigenvalue weighted by molar-refractivity contribution is 1.17. The molecule has 0 amide bonds. The summed E-state index contributed by atoms with van der Waals surface area (Å²) in [6.07, 6.45) is 1.60. The molecule has 0 aliphatic heterocycles. The molecule has 0 saturated heterocycles. The van der Waals surface area contributed by atoms with E-state index in [0.717, 1.165) is 5.69 Å². The molecule has 1 aromatic heterocycles. The van der Waals surface area contributed by atoms with E-state index in [0.29, 0.717) is 5.82 Å². The van der Waals surface area contributed by atoms with Crippen LogP contribution in [-0.4, -0.2) is 9.97 Å². The molecule has 3 nitrogen and oxygen atoms in total. The van der Waals surface area contributed by atoms with Crippen LogP contribution in [0.15, 0.2) is 36.5 Å². The maximum absolute atomic E-state index is 5.64. The van der Waals surface area contributed by atoms with Gasteiger partial charge in [0, 0.05) is 11.9 Å². The third-order valence-corrected chi connectivity index (χ3v) is 1.80. The Morgan fingerprint density at radius 3 is 2.71 bits per heavy atom. The molecule has 0 unspecified atom stereocenters. The third kappa shape index (κ3) is 2.20. The number of anilines is 2. The van der Waals surface area contributed by atoms with Gasteiger partial charge in [-0.1, -0.05) is 12.1 Å². The third-order valence-electron chi connectivity index (χ3n) is 1.62. The molecule has 0 atom stereocenters. The van der Waals surface area contributed by atoms with E-state index in [1.165, 1.54) is 0 Å². The van der Waals surface area contributed by atoms with E-state index in [1.807, 2.05) is 24.3 Å². The van der Waals surface area contributed by atoms with Gasteiger partial charge in [0.25, 0.3) is 0 Å². The minimum atomic E-state index is 0.234. The van der Waals surface area contributed by atoms with E-state index in [1.54, 1.807) is 12.3 Å². The van der Waals surface area contributed by atoms with Crippen LogP contribution in [0.2, 0.25) is 5.28 Å². The van der Waals surface area contributed by atoms with Crippen molar-refractivity contribution in [1.29, 1.82) is 0 Å². The maximum Gasteiger partial charge on any atom is 0.224 e. The van der Waals surface area contributed by atoms with E-state index < -0.39 is 0 Å². The van der Waals surface area contributed by atoms with Gasteiger partial charge in [-0.3, -0.25) is 0 Å². The van der Waals surface area contributed by atoms with Gasteiger partial charge in [-0.15, -0.1) is 0 Å². The van der Waals surface area contributed by atoms with Crippen molar-refractivity contribution in [2.75, 3.05) is 5.32 Å². The summed E-state index contributed by atoms with van der Waals surface area (Å²) in [5.74, 6) is 0.677. The number of nitrogens with one attached hydrogen (secondary N) is 1. The van der Waals surface area contributed by atoms with E-state index in [2.05, 4.69) is 21.4 Å². The van der Waals surface area contributed by atoms with Crippen molar-refractivity contribution < 1.29 is 0 Å². The van der Waals surface area contributed by atoms with Crippen LogP contribution in [-0.2, 0) is 0 Å². The smallest absolute Gasteiger partial charge is 0.224 e. The molecule has 1 N–H and O–H groups in total. The zero-order chi connectivity index (χ0) is 9.80. The molecule has 1 aromatic carbocycles. The highest BCUT2D eigenvalue weighted by molar-refractivity contribution is 6.28. The molecule has 0 aliphatic rings. The highest BCUT2D eigenvalue weighted by Crippen LogP contribution is 2.13. The lowest BCUT2D eigenvalue weighted by Gasteiger charge is -2.03. The summed E-state index contributed by atoms with van der Waals surface area (Å²) >= 11 is 5.64. The molecule has 2 aromatic rings. The van der Waals surface area contributed by atoms with Gasteiger partial charge in [0.2, 0.25) is 5.28 Å². The number of halogens is 1.